The molecule has 8 heteroatoms. The average Bonchev–Trinajstić information content (AvgIpc) is 3.12. The molecule has 1 N–H and O–H groups in total. The van der Waals surface area contributed by atoms with Gasteiger partial charge in [0.15, 0.2) is 0 Å². The van der Waals surface area contributed by atoms with Crippen molar-refractivity contribution in [3.63, 3.8) is 0 Å². The summed E-state index contributed by atoms with van der Waals surface area (Å²) in [5.74, 6) is -1.15. The number of carbonyl (C=O) groups is 1. The Morgan fingerprint density at radius 1 is 1.12 bits per heavy atom. The Labute approximate surface area is 154 Å². The van der Waals surface area contributed by atoms with Crippen LogP contribution in [0.2, 0.25) is 0 Å². The van der Waals surface area contributed by atoms with Gasteiger partial charge >= 0.3 is 0 Å². The van der Waals surface area contributed by atoms with Crippen molar-refractivity contribution < 1.29 is 17.6 Å². The summed E-state index contributed by atoms with van der Waals surface area (Å²) >= 11 is 3.25. The number of anilines is 1. The Bertz CT molecular complexity index is 912. The van der Waals surface area contributed by atoms with E-state index in [1.165, 1.54) is 40.7 Å². The van der Waals surface area contributed by atoms with Crippen molar-refractivity contribution in [3.8, 4) is 0 Å². The van der Waals surface area contributed by atoms with Gasteiger partial charge in [0.1, 0.15) is 5.82 Å². The zero-order valence-electron chi connectivity index (χ0n) is 13.2. The van der Waals surface area contributed by atoms with Crippen molar-refractivity contribution in [2.45, 2.75) is 17.7 Å². The summed E-state index contributed by atoms with van der Waals surface area (Å²) in [5, 5.41) is 2.46. The Kier molecular flexibility index (Phi) is 5.21. The van der Waals surface area contributed by atoms with Gasteiger partial charge in [-0.15, -0.1) is 0 Å². The molecule has 2 aromatic rings. The first-order chi connectivity index (χ1) is 11.9. The lowest BCUT2D eigenvalue weighted by Gasteiger charge is -2.16. The number of carbonyl (C=O) groups excluding carboxylic acids is 1. The van der Waals surface area contributed by atoms with Gasteiger partial charge in [-0.2, -0.15) is 4.31 Å². The summed E-state index contributed by atoms with van der Waals surface area (Å²) in [7, 11) is -3.63. The zero-order valence-corrected chi connectivity index (χ0v) is 15.6. The largest absolute Gasteiger partial charge is 0.319 e. The number of benzene rings is 2. The van der Waals surface area contributed by atoms with Crippen LogP contribution < -0.4 is 5.32 Å². The number of hydrogen-bond donors (Lipinski definition) is 1. The fraction of sp³-hybridized carbons (Fsp3) is 0.235. The summed E-state index contributed by atoms with van der Waals surface area (Å²) in [6, 6.07) is 10.1. The van der Waals surface area contributed by atoms with Crippen LogP contribution in [0, 0.1) is 5.82 Å². The molecule has 132 valence electrons. The van der Waals surface area contributed by atoms with E-state index in [2.05, 4.69) is 21.2 Å². The van der Waals surface area contributed by atoms with E-state index < -0.39 is 21.7 Å². The molecule has 0 aliphatic carbocycles. The minimum absolute atomic E-state index is 0.0344. The molecule has 0 bridgehead atoms. The SMILES string of the molecule is O=C(Nc1ccccc1F)c1cc(S(=O)(=O)N2CCCC2)ccc1Br. The molecule has 0 saturated carbocycles. The molecule has 1 heterocycles. The number of sulfonamides is 1. The quantitative estimate of drug-likeness (QED) is 0.811. The van der Waals surface area contributed by atoms with Crippen molar-refractivity contribution in [2.75, 3.05) is 18.4 Å². The Morgan fingerprint density at radius 2 is 1.80 bits per heavy atom. The monoisotopic (exact) mass is 426 g/mol. The lowest BCUT2D eigenvalue weighted by Crippen LogP contribution is -2.28. The summed E-state index contributed by atoms with van der Waals surface area (Å²) < 4.78 is 40.9. The molecule has 1 aliphatic rings. The molecular weight excluding hydrogens is 411 g/mol. The minimum Gasteiger partial charge on any atom is -0.319 e. The number of nitrogens with zero attached hydrogens (tertiary/aromatic N) is 1. The number of hydrogen-bond acceptors (Lipinski definition) is 3. The van der Waals surface area contributed by atoms with E-state index >= 15 is 0 Å². The molecule has 3 rings (SSSR count). The van der Waals surface area contributed by atoms with Crippen LogP contribution in [0.1, 0.15) is 23.2 Å². The maximum atomic E-state index is 13.7. The third-order valence-electron chi connectivity index (χ3n) is 4.01. The van der Waals surface area contributed by atoms with Crippen molar-refractivity contribution >= 4 is 37.5 Å². The first-order valence-corrected chi connectivity index (χ1v) is 9.98. The molecule has 0 unspecified atom stereocenters. The highest BCUT2D eigenvalue weighted by molar-refractivity contribution is 9.10. The number of para-hydroxylation sites is 1. The van der Waals surface area contributed by atoms with Crippen LogP contribution >= 0.6 is 15.9 Å². The van der Waals surface area contributed by atoms with Crippen LogP contribution in [0.3, 0.4) is 0 Å². The maximum Gasteiger partial charge on any atom is 0.256 e. The van der Waals surface area contributed by atoms with Gasteiger partial charge in [-0.1, -0.05) is 12.1 Å². The van der Waals surface area contributed by atoms with Gasteiger partial charge in [-0.05, 0) is 59.1 Å². The molecule has 1 amide bonds. The van der Waals surface area contributed by atoms with Crippen LogP contribution in [0.4, 0.5) is 10.1 Å². The fourth-order valence-electron chi connectivity index (χ4n) is 2.67. The van der Waals surface area contributed by atoms with Gasteiger partial charge in [-0.25, -0.2) is 12.8 Å². The Hall–Kier alpha value is -1.77. The van der Waals surface area contributed by atoms with Crippen LogP contribution in [0.5, 0.6) is 0 Å². The standard InChI is InChI=1S/C17H16BrFN2O3S/c18-14-8-7-12(25(23,24)21-9-3-4-10-21)11-13(14)17(22)20-16-6-2-1-5-15(16)19/h1-2,5-8,11H,3-4,9-10H2,(H,20,22). The van der Waals surface area contributed by atoms with Gasteiger partial charge in [-0.3, -0.25) is 4.79 Å². The van der Waals surface area contributed by atoms with Crippen LogP contribution in [-0.4, -0.2) is 31.7 Å². The second-order valence-corrected chi connectivity index (χ2v) is 8.48. The van der Waals surface area contributed by atoms with Crippen LogP contribution in [0.15, 0.2) is 51.8 Å². The van der Waals surface area contributed by atoms with E-state index in [4.69, 9.17) is 0 Å². The molecule has 25 heavy (non-hydrogen) atoms. The summed E-state index contributed by atoms with van der Waals surface area (Å²) in [5.41, 5.74) is 0.163. The minimum atomic E-state index is -3.63. The summed E-state index contributed by atoms with van der Waals surface area (Å²) in [6.07, 6.45) is 1.66. The van der Waals surface area contributed by atoms with Gasteiger partial charge in [0.2, 0.25) is 10.0 Å². The smallest absolute Gasteiger partial charge is 0.256 e. The van der Waals surface area contributed by atoms with E-state index in [0.717, 1.165) is 12.8 Å². The highest BCUT2D eigenvalue weighted by atomic mass is 79.9. The predicted molar refractivity (Wildman–Crippen MR) is 96.5 cm³/mol. The number of halogens is 2. The molecule has 1 fully saturated rings. The molecule has 0 atom stereocenters. The molecule has 0 radical (unpaired) electrons. The van der Waals surface area contributed by atoms with Crippen LogP contribution in [0.25, 0.3) is 0 Å². The maximum absolute atomic E-state index is 13.7. The number of rotatable bonds is 4. The summed E-state index contributed by atoms with van der Waals surface area (Å²) in [4.78, 5) is 12.5. The molecule has 1 saturated heterocycles. The van der Waals surface area contributed by atoms with Crippen molar-refractivity contribution in [1.82, 2.24) is 4.31 Å². The lowest BCUT2D eigenvalue weighted by molar-refractivity contribution is 0.102. The number of nitrogens with one attached hydrogen (secondary N) is 1. The van der Waals surface area contributed by atoms with Crippen molar-refractivity contribution in [2.24, 2.45) is 0 Å². The molecule has 5 nitrogen and oxygen atoms in total. The molecular formula is C17H16BrFN2O3S. The first-order valence-electron chi connectivity index (χ1n) is 7.75. The van der Waals surface area contributed by atoms with E-state index in [1.54, 1.807) is 6.07 Å². The lowest BCUT2D eigenvalue weighted by atomic mass is 10.2. The van der Waals surface area contributed by atoms with E-state index in [1.807, 2.05) is 0 Å². The Morgan fingerprint density at radius 3 is 2.48 bits per heavy atom. The van der Waals surface area contributed by atoms with Crippen LogP contribution in [-0.2, 0) is 10.0 Å². The molecule has 1 aliphatic heterocycles. The zero-order chi connectivity index (χ0) is 18.0. The second kappa shape index (κ2) is 7.23. The Balaban J connectivity index is 1.91. The summed E-state index contributed by atoms with van der Waals surface area (Å²) in [6.45, 7) is 0.963. The number of amides is 1. The van der Waals surface area contributed by atoms with Gasteiger partial charge < -0.3 is 5.32 Å². The van der Waals surface area contributed by atoms with Gasteiger partial charge in [0, 0.05) is 17.6 Å². The van der Waals surface area contributed by atoms with E-state index in [9.17, 15) is 17.6 Å². The molecule has 0 aromatic heterocycles. The first kappa shape index (κ1) is 18.0. The van der Waals surface area contributed by atoms with E-state index in [-0.39, 0.29) is 16.1 Å². The van der Waals surface area contributed by atoms with E-state index in [0.29, 0.717) is 17.6 Å². The second-order valence-electron chi connectivity index (χ2n) is 5.69. The fourth-order valence-corrected chi connectivity index (χ4v) is 4.64. The highest BCUT2D eigenvalue weighted by Gasteiger charge is 2.28. The van der Waals surface area contributed by atoms with Gasteiger partial charge in [0.25, 0.3) is 5.91 Å². The van der Waals surface area contributed by atoms with Gasteiger partial charge in [0.05, 0.1) is 16.1 Å². The van der Waals surface area contributed by atoms with Crippen molar-refractivity contribution in [3.05, 3.63) is 58.3 Å². The normalized spacial score (nSPS) is 15.3. The molecule has 2 aromatic carbocycles. The topological polar surface area (TPSA) is 66.5 Å². The average molecular weight is 427 g/mol. The van der Waals surface area contributed by atoms with Crippen molar-refractivity contribution in [1.29, 1.82) is 0 Å². The molecule has 0 spiro atoms. The third-order valence-corrected chi connectivity index (χ3v) is 6.59. The third kappa shape index (κ3) is 3.75. The highest BCUT2D eigenvalue weighted by Crippen LogP contribution is 2.26. The predicted octanol–water partition coefficient (Wildman–Crippen LogP) is 3.63.